The summed E-state index contributed by atoms with van der Waals surface area (Å²) >= 11 is 6.81. The van der Waals surface area contributed by atoms with E-state index < -0.39 is 0 Å². The average Bonchev–Trinajstić information content (AvgIpc) is 2.55. The fourth-order valence-corrected chi connectivity index (χ4v) is 4.53. The van der Waals surface area contributed by atoms with Crippen LogP contribution in [-0.2, 0) is 0 Å². The zero-order valence-electron chi connectivity index (χ0n) is 10.8. The molecule has 0 N–H and O–H groups in total. The highest BCUT2D eigenvalue weighted by Gasteiger charge is 2.29. The molecule has 0 heterocycles. The van der Waals surface area contributed by atoms with E-state index in [0.29, 0.717) is 5.41 Å². The highest BCUT2D eigenvalue weighted by molar-refractivity contribution is 7.99. The molecule has 1 aliphatic rings. The number of hydrogen-bond donors (Lipinski definition) is 1. The third kappa shape index (κ3) is 5.35. The number of unbranched alkanes of at least 4 members (excludes halogenated alkanes) is 2. The van der Waals surface area contributed by atoms with Gasteiger partial charge in [-0.15, -0.1) is 0 Å². The Bertz CT molecular complexity index is 160. The molecule has 2 heteroatoms. The Balaban J connectivity index is 2.22. The van der Waals surface area contributed by atoms with Crippen LogP contribution in [0.5, 0.6) is 0 Å². The second kappa shape index (κ2) is 8.74. The maximum Gasteiger partial charge on any atom is -0.000300 e. The molecule has 1 fully saturated rings. The Hall–Kier alpha value is 0.700. The molecule has 0 spiro atoms. The van der Waals surface area contributed by atoms with Crippen LogP contribution in [0.2, 0.25) is 0 Å². The molecular weight excluding hydrogens is 232 g/mol. The van der Waals surface area contributed by atoms with Crippen LogP contribution in [0.15, 0.2) is 0 Å². The van der Waals surface area contributed by atoms with Gasteiger partial charge in [0.1, 0.15) is 0 Å². The van der Waals surface area contributed by atoms with Crippen molar-refractivity contribution in [3.8, 4) is 0 Å². The summed E-state index contributed by atoms with van der Waals surface area (Å²) in [6.07, 6.45) is 12.8. The molecule has 0 aromatic heterocycles. The van der Waals surface area contributed by atoms with Gasteiger partial charge in [-0.05, 0) is 41.9 Å². The summed E-state index contributed by atoms with van der Waals surface area (Å²) in [5.41, 5.74) is 0.580. The van der Waals surface area contributed by atoms with Crippen molar-refractivity contribution in [3.05, 3.63) is 0 Å². The quantitative estimate of drug-likeness (QED) is 0.374. The summed E-state index contributed by atoms with van der Waals surface area (Å²) < 4.78 is 0. The SMILES string of the molecule is CCCCCSCC1(CS)CCCCCC1. The number of rotatable bonds is 7. The third-order valence-corrected chi connectivity index (χ3v) is 5.86. The van der Waals surface area contributed by atoms with E-state index in [1.54, 1.807) is 0 Å². The summed E-state index contributed by atoms with van der Waals surface area (Å²) in [6, 6.07) is 0. The highest BCUT2D eigenvalue weighted by Crippen LogP contribution is 2.38. The normalized spacial score (nSPS) is 20.6. The first kappa shape index (κ1) is 14.8. The molecular formula is C14H28S2. The minimum atomic E-state index is 0.580. The Kier molecular flexibility index (Phi) is 8.06. The van der Waals surface area contributed by atoms with E-state index in [1.807, 2.05) is 0 Å². The van der Waals surface area contributed by atoms with Crippen molar-refractivity contribution in [2.45, 2.75) is 64.7 Å². The zero-order chi connectivity index (χ0) is 11.7. The van der Waals surface area contributed by atoms with Crippen LogP contribution in [0.1, 0.15) is 64.7 Å². The van der Waals surface area contributed by atoms with E-state index in [1.165, 1.54) is 69.3 Å². The molecule has 1 rings (SSSR count). The Morgan fingerprint density at radius 1 is 1.06 bits per heavy atom. The van der Waals surface area contributed by atoms with E-state index in [9.17, 15) is 0 Å². The monoisotopic (exact) mass is 260 g/mol. The van der Waals surface area contributed by atoms with Crippen molar-refractivity contribution < 1.29 is 0 Å². The van der Waals surface area contributed by atoms with E-state index in [0.717, 1.165) is 5.75 Å². The van der Waals surface area contributed by atoms with Gasteiger partial charge in [0.25, 0.3) is 0 Å². The first-order valence-corrected chi connectivity index (χ1v) is 8.80. The van der Waals surface area contributed by atoms with Crippen LogP contribution < -0.4 is 0 Å². The second-order valence-electron chi connectivity index (χ2n) is 5.33. The molecule has 0 aromatic rings. The fraction of sp³-hybridized carbons (Fsp3) is 1.00. The van der Waals surface area contributed by atoms with Crippen LogP contribution in [0.3, 0.4) is 0 Å². The van der Waals surface area contributed by atoms with Crippen molar-refractivity contribution in [1.29, 1.82) is 0 Å². The minimum Gasteiger partial charge on any atom is -0.179 e. The molecule has 1 aliphatic carbocycles. The summed E-state index contributed by atoms with van der Waals surface area (Å²) in [6.45, 7) is 2.28. The van der Waals surface area contributed by atoms with Gasteiger partial charge in [0, 0.05) is 0 Å². The zero-order valence-corrected chi connectivity index (χ0v) is 12.6. The lowest BCUT2D eigenvalue weighted by molar-refractivity contribution is 0.332. The van der Waals surface area contributed by atoms with Gasteiger partial charge >= 0.3 is 0 Å². The summed E-state index contributed by atoms with van der Waals surface area (Å²) in [5, 5.41) is 0. The van der Waals surface area contributed by atoms with E-state index in [4.69, 9.17) is 0 Å². The molecule has 0 unspecified atom stereocenters. The van der Waals surface area contributed by atoms with Crippen molar-refractivity contribution in [2.24, 2.45) is 5.41 Å². The number of thiol groups is 1. The van der Waals surface area contributed by atoms with Gasteiger partial charge in [0.2, 0.25) is 0 Å². The van der Waals surface area contributed by atoms with Crippen molar-refractivity contribution in [3.63, 3.8) is 0 Å². The van der Waals surface area contributed by atoms with Crippen LogP contribution in [-0.4, -0.2) is 17.3 Å². The Labute approximate surface area is 112 Å². The van der Waals surface area contributed by atoms with Crippen LogP contribution in [0, 0.1) is 5.41 Å². The van der Waals surface area contributed by atoms with Gasteiger partial charge in [-0.2, -0.15) is 24.4 Å². The standard InChI is InChI=1S/C14H28S2/c1-2-3-8-11-16-13-14(12-15)9-6-4-5-7-10-14/h15H,2-13H2,1H3. The lowest BCUT2D eigenvalue weighted by Gasteiger charge is -2.30. The second-order valence-corrected chi connectivity index (χ2v) is 6.75. The largest absolute Gasteiger partial charge is 0.179 e. The third-order valence-electron chi connectivity index (χ3n) is 3.80. The van der Waals surface area contributed by atoms with Crippen LogP contribution >= 0.6 is 24.4 Å². The minimum absolute atomic E-state index is 0.580. The van der Waals surface area contributed by atoms with E-state index >= 15 is 0 Å². The molecule has 0 radical (unpaired) electrons. The molecule has 96 valence electrons. The summed E-state index contributed by atoms with van der Waals surface area (Å²) in [7, 11) is 0. The lowest BCUT2D eigenvalue weighted by Crippen LogP contribution is -2.25. The van der Waals surface area contributed by atoms with E-state index in [2.05, 4.69) is 31.3 Å². The van der Waals surface area contributed by atoms with Crippen LogP contribution in [0.4, 0.5) is 0 Å². The molecule has 0 amide bonds. The van der Waals surface area contributed by atoms with Crippen molar-refractivity contribution >= 4 is 24.4 Å². The maximum atomic E-state index is 4.63. The molecule has 0 bridgehead atoms. The number of hydrogen-bond acceptors (Lipinski definition) is 2. The molecule has 0 aliphatic heterocycles. The molecule has 0 aromatic carbocycles. The lowest BCUT2D eigenvalue weighted by atomic mass is 9.84. The van der Waals surface area contributed by atoms with E-state index in [-0.39, 0.29) is 0 Å². The van der Waals surface area contributed by atoms with Gasteiger partial charge in [-0.1, -0.05) is 45.4 Å². The maximum absolute atomic E-state index is 4.63. The molecule has 0 saturated heterocycles. The molecule has 1 saturated carbocycles. The first-order chi connectivity index (χ1) is 7.83. The summed E-state index contributed by atoms with van der Waals surface area (Å²) in [5.74, 6) is 3.83. The smallest absolute Gasteiger partial charge is 0.000300 e. The molecule has 0 atom stereocenters. The topological polar surface area (TPSA) is 0 Å². The van der Waals surface area contributed by atoms with Gasteiger partial charge in [0.05, 0.1) is 0 Å². The fourth-order valence-electron chi connectivity index (χ4n) is 2.57. The molecule has 0 nitrogen and oxygen atoms in total. The summed E-state index contributed by atoms with van der Waals surface area (Å²) in [4.78, 5) is 0. The Morgan fingerprint density at radius 3 is 2.31 bits per heavy atom. The Morgan fingerprint density at radius 2 is 1.75 bits per heavy atom. The van der Waals surface area contributed by atoms with Crippen LogP contribution in [0.25, 0.3) is 0 Å². The van der Waals surface area contributed by atoms with Gasteiger partial charge in [-0.3, -0.25) is 0 Å². The van der Waals surface area contributed by atoms with Gasteiger partial charge in [0.15, 0.2) is 0 Å². The average molecular weight is 261 g/mol. The van der Waals surface area contributed by atoms with Crippen molar-refractivity contribution in [1.82, 2.24) is 0 Å². The first-order valence-electron chi connectivity index (χ1n) is 7.01. The van der Waals surface area contributed by atoms with Gasteiger partial charge in [-0.25, -0.2) is 0 Å². The predicted molar refractivity (Wildman–Crippen MR) is 80.8 cm³/mol. The number of thioether (sulfide) groups is 1. The molecule has 16 heavy (non-hydrogen) atoms. The highest BCUT2D eigenvalue weighted by atomic mass is 32.2. The van der Waals surface area contributed by atoms with Crippen molar-refractivity contribution in [2.75, 3.05) is 17.3 Å². The predicted octanol–water partition coefficient (Wildman–Crippen LogP) is 5.18. The van der Waals surface area contributed by atoms with Gasteiger partial charge < -0.3 is 0 Å².